The minimum absolute atomic E-state index is 0.491. The van der Waals surface area contributed by atoms with Gasteiger partial charge in [0.25, 0.3) is 0 Å². The zero-order valence-corrected chi connectivity index (χ0v) is 12.6. The van der Waals surface area contributed by atoms with E-state index in [1.54, 1.807) is 14.2 Å². The predicted molar refractivity (Wildman–Crippen MR) is 79.4 cm³/mol. The summed E-state index contributed by atoms with van der Waals surface area (Å²) in [6.45, 7) is 4.85. The van der Waals surface area contributed by atoms with Crippen LogP contribution in [0.1, 0.15) is 25.3 Å². The molecule has 0 amide bonds. The molecule has 1 heterocycles. The Bertz CT molecular complexity index is 416. The number of benzene rings is 1. The fraction of sp³-hybridized carbons (Fsp3) is 0.625. The Morgan fingerprint density at radius 2 is 2.00 bits per heavy atom. The molecular weight excluding hydrogens is 254 g/mol. The average molecular weight is 279 g/mol. The number of hydrogen-bond donors (Lipinski definition) is 1. The highest BCUT2D eigenvalue weighted by Crippen LogP contribution is 2.25. The Morgan fingerprint density at radius 3 is 2.65 bits per heavy atom. The summed E-state index contributed by atoms with van der Waals surface area (Å²) < 4.78 is 16.1. The molecule has 4 heteroatoms. The number of nitrogens with one attached hydrogen (secondary N) is 1. The van der Waals surface area contributed by atoms with Crippen LogP contribution >= 0.6 is 0 Å². The van der Waals surface area contributed by atoms with Crippen LogP contribution in [0.3, 0.4) is 0 Å². The fourth-order valence-corrected chi connectivity index (χ4v) is 2.65. The molecule has 1 saturated heterocycles. The Balaban J connectivity index is 1.92. The molecule has 1 atom stereocenters. The molecule has 0 aromatic heterocycles. The summed E-state index contributed by atoms with van der Waals surface area (Å²) in [7, 11) is 3.36. The van der Waals surface area contributed by atoms with Gasteiger partial charge in [0.1, 0.15) is 11.5 Å². The lowest BCUT2D eigenvalue weighted by Gasteiger charge is -2.28. The summed E-state index contributed by atoms with van der Waals surface area (Å²) in [5.41, 5.74) is 1.16. The van der Waals surface area contributed by atoms with E-state index in [0.717, 1.165) is 49.7 Å². The maximum Gasteiger partial charge on any atom is 0.127 e. The van der Waals surface area contributed by atoms with Gasteiger partial charge in [0.15, 0.2) is 0 Å². The first-order chi connectivity index (χ1) is 9.74. The van der Waals surface area contributed by atoms with Gasteiger partial charge in [0.05, 0.1) is 14.2 Å². The molecule has 112 valence electrons. The van der Waals surface area contributed by atoms with Crippen LogP contribution < -0.4 is 14.8 Å². The van der Waals surface area contributed by atoms with E-state index < -0.39 is 0 Å². The number of rotatable bonds is 6. The lowest BCUT2D eigenvalue weighted by molar-refractivity contribution is 0.0557. The van der Waals surface area contributed by atoms with Crippen LogP contribution in [-0.2, 0) is 11.3 Å². The summed E-state index contributed by atoms with van der Waals surface area (Å²) in [6, 6.07) is 6.45. The second-order valence-electron chi connectivity index (χ2n) is 5.30. The van der Waals surface area contributed by atoms with Crippen molar-refractivity contribution in [1.82, 2.24) is 5.32 Å². The van der Waals surface area contributed by atoms with E-state index in [1.807, 2.05) is 12.1 Å². The SMILES string of the molecule is COc1ccc(CNC(C)C2CCOCC2)c(OC)c1. The minimum Gasteiger partial charge on any atom is -0.497 e. The highest BCUT2D eigenvalue weighted by molar-refractivity contribution is 5.40. The van der Waals surface area contributed by atoms with Crippen molar-refractivity contribution in [2.75, 3.05) is 27.4 Å². The quantitative estimate of drug-likeness (QED) is 0.869. The molecule has 1 aliphatic heterocycles. The lowest BCUT2D eigenvalue weighted by Crippen LogP contribution is -2.36. The van der Waals surface area contributed by atoms with Crippen molar-refractivity contribution in [2.45, 2.75) is 32.4 Å². The third-order valence-electron chi connectivity index (χ3n) is 4.08. The standard InChI is InChI=1S/C16H25NO3/c1-12(13-6-8-20-9-7-13)17-11-14-4-5-15(18-2)10-16(14)19-3/h4-5,10,12-13,17H,6-9,11H2,1-3H3. The van der Waals surface area contributed by atoms with E-state index in [-0.39, 0.29) is 0 Å². The molecule has 0 saturated carbocycles. The molecule has 0 bridgehead atoms. The summed E-state index contributed by atoms with van der Waals surface area (Å²) in [5, 5.41) is 3.60. The molecule has 1 aromatic carbocycles. The van der Waals surface area contributed by atoms with Crippen LogP contribution in [0.15, 0.2) is 18.2 Å². The van der Waals surface area contributed by atoms with E-state index in [0.29, 0.717) is 12.0 Å². The largest absolute Gasteiger partial charge is 0.497 e. The van der Waals surface area contributed by atoms with Crippen LogP contribution in [0.2, 0.25) is 0 Å². The zero-order chi connectivity index (χ0) is 14.4. The maximum absolute atomic E-state index is 5.43. The van der Waals surface area contributed by atoms with E-state index in [9.17, 15) is 0 Å². The molecule has 1 N–H and O–H groups in total. The number of methoxy groups -OCH3 is 2. The summed E-state index contributed by atoms with van der Waals surface area (Å²) in [6.07, 6.45) is 2.29. The Morgan fingerprint density at radius 1 is 1.25 bits per heavy atom. The highest BCUT2D eigenvalue weighted by atomic mass is 16.5. The first-order valence-electron chi connectivity index (χ1n) is 7.26. The average Bonchev–Trinajstić information content (AvgIpc) is 2.53. The summed E-state index contributed by atoms with van der Waals surface area (Å²) >= 11 is 0. The van der Waals surface area contributed by atoms with E-state index in [2.05, 4.69) is 18.3 Å². The van der Waals surface area contributed by atoms with Crippen LogP contribution in [0.25, 0.3) is 0 Å². The van der Waals surface area contributed by atoms with Gasteiger partial charge in [-0.25, -0.2) is 0 Å². The second kappa shape index (κ2) is 7.50. The highest BCUT2D eigenvalue weighted by Gasteiger charge is 2.20. The van der Waals surface area contributed by atoms with Crippen molar-refractivity contribution in [2.24, 2.45) is 5.92 Å². The molecule has 1 aromatic rings. The predicted octanol–water partition coefficient (Wildman–Crippen LogP) is 2.61. The molecule has 0 aliphatic carbocycles. The van der Waals surface area contributed by atoms with Gasteiger partial charge in [-0.15, -0.1) is 0 Å². The first kappa shape index (κ1) is 15.1. The van der Waals surface area contributed by atoms with Gasteiger partial charge < -0.3 is 19.5 Å². The second-order valence-corrected chi connectivity index (χ2v) is 5.30. The fourth-order valence-electron chi connectivity index (χ4n) is 2.65. The van der Waals surface area contributed by atoms with Crippen molar-refractivity contribution in [3.63, 3.8) is 0 Å². The maximum atomic E-state index is 5.43. The summed E-state index contributed by atoms with van der Waals surface area (Å²) in [5.74, 6) is 2.40. The van der Waals surface area contributed by atoms with Crippen LogP contribution in [-0.4, -0.2) is 33.5 Å². The van der Waals surface area contributed by atoms with Crippen molar-refractivity contribution in [3.8, 4) is 11.5 Å². The molecule has 1 aliphatic rings. The van der Waals surface area contributed by atoms with Crippen LogP contribution in [0.5, 0.6) is 11.5 Å². The van der Waals surface area contributed by atoms with Gasteiger partial charge in [0, 0.05) is 37.4 Å². The van der Waals surface area contributed by atoms with E-state index in [4.69, 9.17) is 14.2 Å². The van der Waals surface area contributed by atoms with Crippen molar-refractivity contribution in [3.05, 3.63) is 23.8 Å². The molecule has 2 rings (SSSR count). The third kappa shape index (κ3) is 3.87. The number of hydrogen-bond acceptors (Lipinski definition) is 4. The molecule has 0 radical (unpaired) electrons. The van der Waals surface area contributed by atoms with Gasteiger partial charge in [-0.2, -0.15) is 0 Å². The van der Waals surface area contributed by atoms with Crippen molar-refractivity contribution in [1.29, 1.82) is 0 Å². The molecular formula is C16H25NO3. The van der Waals surface area contributed by atoms with Gasteiger partial charge >= 0.3 is 0 Å². The molecule has 20 heavy (non-hydrogen) atoms. The first-order valence-corrected chi connectivity index (χ1v) is 7.26. The van der Waals surface area contributed by atoms with Crippen LogP contribution in [0.4, 0.5) is 0 Å². The molecule has 1 fully saturated rings. The summed E-state index contributed by atoms with van der Waals surface area (Å²) in [4.78, 5) is 0. The zero-order valence-electron chi connectivity index (χ0n) is 12.6. The third-order valence-corrected chi connectivity index (χ3v) is 4.08. The molecule has 1 unspecified atom stereocenters. The van der Waals surface area contributed by atoms with Gasteiger partial charge in [-0.3, -0.25) is 0 Å². The minimum atomic E-state index is 0.491. The van der Waals surface area contributed by atoms with E-state index in [1.165, 1.54) is 0 Å². The van der Waals surface area contributed by atoms with Crippen molar-refractivity contribution >= 4 is 0 Å². The monoisotopic (exact) mass is 279 g/mol. The van der Waals surface area contributed by atoms with Gasteiger partial charge in [-0.05, 0) is 31.7 Å². The van der Waals surface area contributed by atoms with E-state index >= 15 is 0 Å². The van der Waals surface area contributed by atoms with Crippen LogP contribution in [0, 0.1) is 5.92 Å². The van der Waals surface area contributed by atoms with Gasteiger partial charge in [0.2, 0.25) is 0 Å². The number of ether oxygens (including phenoxy) is 3. The molecule has 4 nitrogen and oxygen atoms in total. The lowest BCUT2D eigenvalue weighted by atomic mass is 9.93. The Labute approximate surface area is 121 Å². The smallest absolute Gasteiger partial charge is 0.127 e. The molecule has 0 spiro atoms. The Kier molecular flexibility index (Phi) is 5.68. The van der Waals surface area contributed by atoms with Crippen molar-refractivity contribution < 1.29 is 14.2 Å². The topological polar surface area (TPSA) is 39.7 Å². The van der Waals surface area contributed by atoms with Gasteiger partial charge in [-0.1, -0.05) is 6.07 Å². The normalized spacial score (nSPS) is 17.8. The Hall–Kier alpha value is -1.26.